The topological polar surface area (TPSA) is 144 Å². The Kier molecular flexibility index (Phi) is 8.20. The molecule has 1 aliphatic rings. The zero-order valence-electron chi connectivity index (χ0n) is 18.4. The van der Waals surface area contributed by atoms with E-state index < -0.39 is 29.8 Å². The first kappa shape index (κ1) is 24.0. The van der Waals surface area contributed by atoms with Crippen molar-refractivity contribution >= 4 is 23.6 Å². The number of amides is 4. The van der Waals surface area contributed by atoms with Crippen LogP contribution in [0.2, 0.25) is 0 Å². The SMILES string of the molecule is COCC(=O)N[C@@H]1CCN(C(=O)c2ccco2)[C@H](C(=O)N[C@H](Cc2ccccc2)C(N)=O)C1. The second-order valence-electron chi connectivity index (χ2n) is 7.87. The van der Waals surface area contributed by atoms with Crippen LogP contribution in [0.1, 0.15) is 29.0 Å². The van der Waals surface area contributed by atoms with Crippen molar-refractivity contribution < 1.29 is 28.3 Å². The lowest BCUT2D eigenvalue weighted by atomic mass is 9.95. The van der Waals surface area contributed by atoms with Crippen molar-refractivity contribution in [2.75, 3.05) is 20.3 Å². The molecule has 1 saturated heterocycles. The lowest BCUT2D eigenvalue weighted by Crippen LogP contribution is -2.60. The van der Waals surface area contributed by atoms with Gasteiger partial charge in [0.2, 0.25) is 17.7 Å². The summed E-state index contributed by atoms with van der Waals surface area (Å²) < 4.78 is 10.1. The number of hydrogen-bond donors (Lipinski definition) is 3. The number of furan rings is 1. The number of rotatable bonds is 9. The van der Waals surface area contributed by atoms with Crippen LogP contribution in [0.15, 0.2) is 53.1 Å². The molecule has 0 bridgehead atoms. The molecule has 1 aromatic carbocycles. The number of primary amides is 1. The molecular formula is C23H28N4O6. The van der Waals surface area contributed by atoms with Crippen molar-refractivity contribution in [1.29, 1.82) is 0 Å². The van der Waals surface area contributed by atoms with Crippen molar-refractivity contribution in [3.05, 3.63) is 60.1 Å². The van der Waals surface area contributed by atoms with E-state index in [0.717, 1.165) is 5.56 Å². The molecule has 3 rings (SSSR count). The first-order valence-corrected chi connectivity index (χ1v) is 10.7. The van der Waals surface area contributed by atoms with Crippen LogP contribution in [0, 0.1) is 0 Å². The van der Waals surface area contributed by atoms with Gasteiger partial charge in [0.15, 0.2) is 5.76 Å². The summed E-state index contributed by atoms with van der Waals surface area (Å²) in [6, 6.07) is 10.0. The summed E-state index contributed by atoms with van der Waals surface area (Å²) in [5.41, 5.74) is 6.37. The normalized spacial score (nSPS) is 18.9. The van der Waals surface area contributed by atoms with Gasteiger partial charge in [0.1, 0.15) is 18.7 Å². The van der Waals surface area contributed by atoms with Gasteiger partial charge in [-0.25, -0.2) is 0 Å². The Morgan fingerprint density at radius 3 is 2.58 bits per heavy atom. The van der Waals surface area contributed by atoms with Gasteiger partial charge in [-0.2, -0.15) is 0 Å². The number of ether oxygens (including phenoxy) is 1. The summed E-state index contributed by atoms with van der Waals surface area (Å²) in [4.78, 5) is 51.6. The van der Waals surface area contributed by atoms with Crippen molar-refractivity contribution in [2.45, 2.75) is 37.4 Å². The molecule has 10 nitrogen and oxygen atoms in total. The molecule has 0 aliphatic carbocycles. The number of carbonyl (C=O) groups excluding carboxylic acids is 4. The van der Waals surface area contributed by atoms with Gasteiger partial charge >= 0.3 is 0 Å². The Labute approximate surface area is 191 Å². The third-order valence-electron chi connectivity index (χ3n) is 5.48. The lowest BCUT2D eigenvalue weighted by Gasteiger charge is -2.38. The number of nitrogens with zero attached hydrogens (tertiary/aromatic N) is 1. The van der Waals surface area contributed by atoms with E-state index in [2.05, 4.69) is 10.6 Å². The van der Waals surface area contributed by atoms with E-state index >= 15 is 0 Å². The van der Waals surface area contributed by atoms with Gasteiger partial charge in [0.05, 0.1) is 6.26 Å². The second-order valence-corrected chi connectivity index (χ2v) is 7.87. The minimum Gasteiger partial charge on any atom is -0.459 e. The van der Waals surface area contributed by atoms with Crippen LogP contribution in [-0.2, 0) is 25.5 Å². The Hall–Kier alpha value is -3.66. The summed E-state index contributed by atoms with van der Waals surface area (Å²) in [7, 11) is 1.41. The largest absolute Gasteiger partial charge is 0.459 e. The third kappa shape index (κ3) is 6.42. The number of carbonyl (C=O) groups is 4. The highest BCUT2D eigenvalue weighted by atomic mass is 16.5. The van der Waals surface area contributed by atoms with Gasteiger partial charge in [-0.1, -0.05) is 30.3 Å². The van der Waals surface area contributed by atoms with Gasteiger partial charge in [0.25, 0.3) is 5.91 Å². The van der Waals surface area contributed by atoms with E-state index in [9.17, 15) is 19.2 Å². The summed E-state index contributed by atoms with van der Waals surface area (Å²) in [6.45, 7) is 0.110. The third-order valence-corrected chi connectivity index (χ3v) is 5.48. The van der Waals surface area contributed by atoms with Crippen LogP contribution in [0.4, 0.5) is 0 Å². The fraction of sp³-hybridized carbons (Fsp3) is 0.391. The molecule has 4 N–H and O–H groups in total. The fourth-order valence-corrected chi connectivity index (χ4v) is 3.87. The monoisotopic (exact) mass is 456 g/mol. The molecule has 2 aromatic rings. The molecule has 4 amide bonds. The molecule has 3 atom stereocenters. The molecule has 0 spiro atoms. The van der Waals surface area contributed by atoms with Crippen LogP contribution in [0.25, 0.3) is 0 Å². The zero-order valence-corrected chi connectivity index (χ0v) is 18.4. The number of nitrogens with two attached hydrogens (primary N) is 1. The minimum atomic E-state index is -0.955. The van der Waals surface area contributed by atoms with E-state index in [1.165, 1.54) is 24.3 Å². The molecule has 0 radical (unpaired) electrons. The average molecular weight is 456 g/mol. The molecule has 33 heavy (non-hydrogen) atoms. The number of benzene rings is 1. The highest BCUT2D eigenvalue weighted by Crippen LogP contribution is 2.21. The van der Waals surface area contributed by atoms with E-state index in [1.807, 2.05) is 30.3 Å². The maximum Gasteiger partial charge on any atom is 0.290 e. The molecule has 176 valence electrons. The van der Waals surface area contributed by atoms with Crippen LogP contribution in [0.5, 0.6) is 0 Å². The van der Waals surface area contributed by atoms with Crippen LogP contribution < -0.4 is 16.4 Å². The quantitative estimate of drug-likeness (QED) is 0.493. The molecule has 2 heterocycles. The summed E-state index contributed by atoms with van der Waals surface area (Å²) in [5.74, 6) is -1.87. The first-order valence-electron chi connectivity index (χ1n) is 10.7. The van der Waals surface area contributed by atoms with Gasteiger partial charge in [0, 0.05) is 26.1 Å². The molecule has 1 fully saturated rings. The van der Waals surface area contributed by atoms with E-state index in [-0.39, 0.29) is 43.7 Å². The molecule has 0 saturated carbocycles. The lowest BCUT2D eigenvalue weighted by molar-refractivity contribution is -0.132. The number of nitrogens with one attached hydrogen (secondary N) is 2. The molecule has 0 unspecified atom stereocenters. The Balaban J connectivity index is 1.77. The van der Waals surface area contributed by atoms with Crippen molar-refractivity contribution in [3.63, 3.8) is 0 Å². The van der Waals surface area contributed by atoms with Gasteiger partial charge in [-0.05, 0) is 30.5 Å². The van der Waals surface area contributed by atoms with Crippen molar-refractivity contribution in [3.8, 4) is 0 Å². The highest BCUT2D eigenvalue weighted by molar-refractivity contribution is 5.97. The Bertz CT molecular complexity index is 963. The highest BCUT2D eigenvalue weighted by Gasteiger charge is 2.39. The van der Waals surface area contributed by atoms with Crippen LogP contribution >= 0.6 is 0 Å². The van der Waals surface area contributed by atoms with Crippen LogP contribution in [0.3, 0.4) is 0 Å². The zero-order chi connectivity index (χ0) is 23.8. The molecule has 1 aromatic heterocycles. The van der Waals surface area contributed by atoms with Gasteiger partial charge < -0.3 is 30.4 Å². The average Bonchev–Trinajstić information content (AvgIpc) is 3.34. The van der Waals surface area contributed by atoms with E-state index in [0.29, 0.717) is 6.42 Å². The number of methoxy groups -OCH3 is 1. The smallest absolute Gasteiger partial charge is 0.290 e. The molecular weight excluding hydrogens is 428 g/mol. The van der Waals surface area contributed by atoms with E-state index in [4.69, 9.17) is 14.9 Å². The maximum absolute atomic E-state index is 13.3. The number of likely N-dealkylation sites (tertiary alicyclic amines) is 1. The summed E-state index contributed by atoms with van der Waals surface area (Å²) in [5, 5.41) is 5.51. The van der Waals surface area contributed by atoms with Crippen molar-refractivity contribution in [1.82, 2.24) is 15.5 Å². The maximum atomic E-state index is 13.3. The minimum absolute atomic E-state index is 0.102. The standard InChI is InChI=1S/C23H28N4O6/c1-32-14-20(28)25-16-9-10-27(23(31)19-8-5-11-33-19)18(13-16)22(30)26-17(21(24)29)12-15-6-3-2-4-7-15/h2-8,11,16-18H,9-10,12-14H2,1H3,(H2,24,29)(H,25,28)(H,26,30)/t16-,17-,18+/m1/s1. The van der Waals surface area contributed by atoms with Crippen molar-refractivity contribution in [2.24, 2.45) is 5.73 Å². The first-order chi connectivity index (χ1) is 15.9. The predicted molar refractivity (Wildman–Crippen MR) is 118 cm³/mol. The molecule has 1 aliphatic heterocycles. The molecule has 10 heteroatoms. The van der Waals surface area contributed by atoms with Gasteiger partial charge in [-0.3, -0.25) is 19.2 Å². The van der Waals surface area contributed by atoms with Crippen LogP contribution in [-0.4, -0.2) is 66.9 Å². The second kappa shape index (κ2) is 11.3. The van der Waals surface area contributed by atoms with Gasteiger partial charge in [-0.15, -0.1) is 0 Å². The number of piperidine rings is 1. The Morgan fingerprint density at radius 2 is 1.94 bits per heavy atom. The van der Waals surface area contributed by atoms with E-state index in [1.54, 1.807) is 6.07 Å². The Morgan fingerprint density at radius 1 is 1.18 bits per heavy atom. The fourth-order valence-electron chi connectivity index (χ4n) is 3.87. The predicted octanol–water partition coefficient (Wildman–Crippen LogP) is 0.228. The number of hydrogen-bond acceptors (Lipinski definition) is 6. The summed E-state index contributed by atoms with van der Waals surface area (Å²) >= 11 is 0. The summed E-state index contributed by atoms with van der Waals surface area (Å²) in [6.07, 6.45) is 2.22.